The molecule has 0 aromatic rings. The summed E-state index contributed by atoms with van der Waals surface area (Å²) >= 11 is 0. The van der Waals surface area contributed by atoms with Gasteiger partial charge in [-0.15, -0.1) is 0 Å². The normalized spacial score (nSPS) is 16.6. The summed E-state index contributed by atoms with van der Waals surface area (Å²) in [5.41, 5.74) is 0. The van der Waals surface area contributed by atoms with Crippen molar-refractivity contribution in [1.82, 2.24) is 0 Å². The van der Waals surface area contributed by atoms with E-state index in [0.29, 0.717) is 0 Å². The summed E-state index contributed by atoms with van der Waals surface area (Å²) in [6.07, 6.45) is -15.4. The zero-order valence-corrected chi connectivity index (χ0v) is 10.5. The second-order valence-corrected chi connectivity index (χ2v) is 4.17. The van der Waals surface area contributed by atoms with Crippen LogP contribution in [-0.2, 0) is 4.74 Å². The van der Waals surface area contributed by atoms with Crippen LogP contribution in [0.15, 0.2) is 0 Å². The lowest BCUT2D eigenvalue weighted by molar-refractivity contribution is -0.199. The number of halogens is 8. The zero-order chi connectivity index (χ0) is 16.8. The number of ether oxygens (including phenoxy) is 1. The van der Waals surface area contributed by atoms with Gasteiger partial charge < -0.3 is 14.9 Å². The SMILES string of the molecule is OC(CCOCCC(O)C(F)(F)C(F)F)C(F)(F)C(F)F. The molecule has 0 fully saturated rings. The van der Waals surface area contributed by atoms with Gasteiger partial charge in [0.25, 0.3) is 0 Å². The average Bonchev–Trinajstić information content (AvgIpc) is 2.36. The first-order valence-electron chi connectivity index (χ1n) is 5.69. The Kier molecular flexibility index (Phi) is 7.82. The lowest BCUT2D eigenvalue weighted by atomic mass is 10.1. The van der Waals surface area contributed by atoms with Crippen LogP contribution in [0.3, 0.4) is 0 Å². The van der Waals surface area contributed by atoms with E-state index in [9.17, 15) is 35.1 Å². The van der Waals surface area contributed by atoms with Crippen LogP contribution in [0.25, 0.3) is 0 Å². The van der Waals surface area contributed by atoms with Crippen molar-refractivity contribution in [2.24, 2.45) is 0 Å². The first-order chi connectivity index (χ1) is 9.44. The van der Waals surface area contributed by atoms with Gasteiger partial charge in [-0.25, -0.2) is 17.6 Å². The molecule has 0 aromatic carbocycles. The summed E-state index contributed by atoms with van der Waals surface area (Å²) in [4.78, 5) is 0. The highest BCUT2D eigenvalue weighted by Crippen LogP contribution is 2.29. The van der Waals surface area contributed by atoms with Gasteiger partial charge in [-0.2, -0.15) is 17.6 Å². The van der Waals surface area contributed by atoms with Gasteiger partial charge in [-0.1, -0.05) is 0 Å². The van der Waals surface area contributed by atoms with Gasteiger partial charge in [0.15, 0.2) is 0 Å². The molecule has 0 aromatic heterocycles. The molecule has 0 spiro atoms. The molecule has 128 valence electrons. The molecule has 21 heavy (non-hydrogen) atoms. The van der Waals surface area contributed by atoms with E-state index in [-0.39, 0.29) is 0 Å². The van der Waals surface area contributed by atoms with Crippen LogP contribution in [0, 0.1) is 0 Å². The highest BCUT2D eigenvalue weighted by molar-refractivity contribution is 4.80. The van der Waals surface area contributed by atoms with Crippen molar-refractivity contribution in [3.8, 4) is 0 Å². The molecule has 0 aliphatic heterocycles. The van der Waals surface area contributed by atoms with Crippen molar-refractivity contribution in [3.05, 3.63) is 0 Å². The Morgan fingerprint density at radius 2 is 1.00 bits per heavy atom. The van der Waals surface area contributed by atoms with E-state index >= 15 is 0 Å². The van der Waals surface area contributed by atoms with Gasteiger partial charge in [0.1, 0.15) is 12.2 Å². The maximum Gasteiger partial charge on any atom is 0.332 e. The van der Waals surface area contributed by atoms with Crippen LogP contribution in [0.5, 0.6) is 0 Å². The Bertz CT molecular complexity index is 272. The molecule has 3 nitrogen and oxygen atoms in total. The van der Waals surface area contributed by atoms with Gasteiger partial charge in [-0.3, -0.25) is 0 Å². The third-order valence-electron chi connectivity index (χ3n) is 2.54. The molecule has 0 amide bonds. The largest absolute Gasteiger partial charge is 0.387 e. The summed E-state index contributed by atoms with van der Waals surface area (Å²) in [5, 5.41) is 17.6. The number of rotatable bonds is 10. The van der Waals surface area contributed by atoms with E-state index in [1.54, 1.807) is 0 Å². The standard InChI is InChI=1S/C10H14F8O3/c11-7(12)9(15,16)5(19)1-3-21-4-2-6(20)10(17,18)8(13)14/h5-8,19-20H,1-4H2. The van der Waals surface area contributed by atoms with E-state index in [4.69, 9.17) is 10.2 Å². The fourth-order valence-corrected chi connectivity index (χ4v) is 1.17. The number of hydrogen-bond donors (Lipinski definition) is 2. The second-order valence-electron chi connectivity index (χ2n) is 4.17. The number of aliphatic hydroxyl groups excluding tert-OH is 2. The summed E-state index contributed by atoms with van der Waals surface area (Å²) in [7, 11) is 0. The fraction of sp³-hybridized carbons (Fsp3) is 1.00. The minimum absolute atomic E-state index is 0.698. The molecule has 0 bridgehead atoms. The van der Waals surface area contributed by atoms with Gasteiger partial charge in [0.05, 0.1) is 0 Å². The molecular weight excluding hydrogens is 320 g/mol. The molecule has 0 aliphatic carbocycles. The Balaban J connectivity index is 3.98. The van der Waals surface area contributed by atoms with Crippen molar-refractivity contribution in [1.29, 1.82) is 0 Å². The quantitative estimate of drug-likeness (QED) is 0.476. The summed E-state index contributed by atoms with van der Waals surface area (Å²) in [5.74, 6) is -9.29. The summed E-state index contributed by atoms with van der Waals surface area (Å²) in [6.45, 7) is -1.40. The van der Waals surface area contributed by atoms with E-state index in [2.05, 4.69) is 4.74 Å². The maximum absolute atomic E-state index is 12.5. The minimum atomic E-state index is -4.65. The van der Waals surface area contributed by atoms with E-state index in [1.165, 1.54) is 0 Å². The second kappa shape index (κ2) is 8.08. The maximum atomic E-state index is 12.5. The first kappa shape index (κ1) is 20.3. The molecule has 0 saturated carbocycles. The summed E-state index contributed by atoms with van der Waals surface area (Å²) < 4.78 is 102. The van der Waals surface area contributed by atoms with E-state index < -0.39 is 63.0 Å². The lowest BCUT2D eigenvalue weighted by Crippen LogP contribution is -2.41. The monoisotopic (exact) mass is 334 g/mol. The first-order valence-corrected chi connectivity index (χ1v) is 5.69. The van der Waals surface area contributed by atoms with Gasteiger partial charge >= 0.3 is 24.7 Å². The Morgan fingerprint density at radius 1 is 0.714 bits per heavy atom. The van der Waals surface area contributed by atoms with Crippen LogP contribution in [0.1, 0.15) is 12.8 Å². The lowest BCUT2D eigenvalue weighted by Gasteiger charge is -2.22. The van der Waals surface area contributed by atoms with Crippen LogP contribution < -0.4 is 0 Å². The van der Waals surface area contributed by atoms with Crippen LogP contribution in [0.4, 0.5) is 35.1 Å². The Hall–Kier alpha value is -0.680. The van der Waals surface area contributed by atoms with Crippen molar-refractivity contribution >= 4 is 0 Å². The van der Waals surface area contributed by atoms with Gasteiger partial charge in [-0.05, 0) is 0 Å². The molecule has 0 radical (unpaired) electrons. The summed E-state index contributed by atoms with van der Waals surface area (Å²) in [6, 6.07) is 0. The predicted molar refractivity (Wildman–Crippen MR) is 54.0 cm³/mol. The molecule has 2 atom stereocenters. The van der Waals surface area contributed by atoms with Crippen molar-refractivity contribution in [2.45, 2.75) is 49.7 Å². The molecule has 2 unspecified atom stereocenters. The Labute approximate surface area is 114 Å². The van der Waals surface area contributed by atoms with Crippen LogP contribution >= 0.6 is 0 Å². The molecule has 0 aliphatic rings. The predicted octanol–water partition coefficient (Wildman–Crippen LogP) is 2.31. The smallest absolute Gasteiger partial charge is 0.332 e. The highest BCUT2D eigenvalue weighted by atomic mass is 19.3. The molecule has 2 N–H and O–H groups in total. The van der Waals surface area contributed by atoms with Gasteiger partial charge in [0, 0.05) is 26.1 Å². The van der Waals surface area contributed by atoms with Crippen LogP contribution in [0.2, 0.25) is 0 Å². The van der Waals surface area contributed by atoms with Crippen molar-refractivity contribution in [2.75, 3.05) is 13.2 Å². The number of hydrogen-bond acceptors (Lipinski definition) is 3. The molecule has 0 heterocycles. The molecular formula is C10H14F8O3. The third-order valence-corrected chi connectivity index (χ3v) is 2.54. The highest BCUT2D eigenvalue weighted by Gasteiger charge is 2.48. The fourth-order valence-electron chi connectivity index (χ4n) is 1.17. The van der Waals surface area contributed by atoms with Gasteiger partial charge in [0.2, 0.25) is 0 Å². The molecule has 0 rings (SSSR count). The third kappa shape index (κ3) is 5.91. The van der Waals surface area contributed by atoms with E-state index in [1.807, 2.05) is 0 Å². The average molecular weight is 334 g/mol. The minimum Gasteiger partial charge on any atom is -0.387 e. The van der Waals surface area contributed by atoms with Crippen molar-refractivity contribution < 1.29 is 50.1 Å². The topological polar surface area (TPSA) is 49.7 Å². The molecule has 0 saturated heterocycles. The van der Waals surface area contributed by atoms with Crippen molar-refractivity contribution in [3.63, 3.8) is 0 Å². The van der Waals surface area contributed by atoms with E-state index in [0.717, 1.165) is 0 Å². The number of alkyl halides is 8. The molecule has 11 heteroatoms. The van der Waals surface area contributed by atoms with Crippen LogP contribution in [-0.4, -0.2) is 60.3 Å². The zero-order valence-electron chi connectivity index (χ0n) is 10.5. The number of aliphatic hydroxyl groups is 2. The Morgan fingerprint density at radius 3 is 1.24 bits per heavy atom.